The van der Waals surface area contributed by atoms with Crippen molar-refractivity contribution >= 4 is 33.6 Å². The number of ether oxygens (including phenoxy) is 3. The molecule has 0 bridgehead atoms. The minimum atomic E-state index is -4.93. The number of hydrogen-bond donors (Lipinski definition) is 4. The molecule has 0 aromatic rings. The van der Waals surface area contributed by atoms with Gasteiger partial charge in [-0.15, -0.1) is 0 Å². The second-order valence-corrected chi connectivity index (χ2v) is 26.5. The van der Waals surface area contributed by atoms with Crippen LogP contribution in [0, 0.1) is 0 Å². The first-order chi connectivity index (χ1) is 46.2. The van der Waals surface area contributed by atoms with Crippen molar-refractivity contribution in [2.45, 2.75) is 283 Å². The Balaban J connectivity index is 4.54. The van der Waals surface area contributed by atoms with E-state index in [-0.39, 0.29) is 19.3 Å². The van der Waals surface area contributed by atoms with E-state index in [0.29, 0.717) is 19.3 Å². The number of aliphatic hydroxyl groups excluding tert-OH is 2. The molecule has 542 valence electrons. The van der Waals surface area contributed by atoms with Gasteiger partial charge in [0.2, 0.25) is 0 Å². The van der Waals surface area contributed by atoms with Crippen molar-refractivity contribution in [1.82, 2.24) is 0 Å². The Labute approximate surface area is 575 Å². The maximum Gasteiger partial charge on any atom is 0.472 e. The van der Waals surface area contributed by atoms with Gasteiger partial charge in [0.25, 0.3) is 0 Å². The first kappa shape index (κ1) is 90.4. The van der Waals surface area contributed by atoms with Crippen LogP contribution < -0.4 is 0 Å². The molecular formula is C77H128O16P2. The lowest BCUT2D eigenvalue weighted by molar-refractivity contribution is -0.161. The van der Waals surface area contributed by atoms with Crippen LogP contribution in [0.5, 0.6) is 0 Å². The van der Waals surface area contributed by atoms with Crippen molar-refractivity contribution in [2.24, 2.45) is 0 Å². The predicted molar refractivity (Wildman–Crippen MR) is 389 cm³/mol. The zero-order chi connectivity index (χ0) is 69.5. The average molecular weight is 1370 g/mol. The maximum atomic E-state index is 12.9. The van der Waals surface area contributed by atoms with Gasteiger partial charge in [0.1, 0.15) is 25.4 Å². The molecule has 0 aromatic carbocycles. The molecule has 5 unspecified atom stereocenters. The van der Waals surface area contributed by atoms with Crippen LogP contribution in [0.2, 0.25) is 0 Å². The molecule has 18 heteroatoms. The molecule has 0 radical (unpaired) electrons. The highest BCUT2D eigenvalue weighted by Crippen LogP contribution is 2.45. The first-order valence-electron chi connectivity index (χ1n) is 36.1. The van der Waals surface area contributed by atoms with Crippen LogP contribution >= 0.6 is 15.6 Å². The summed E-state index contributed by atoms with van der Waals surface area (Å²) >= 11 is 0. The lowest BCUT2D eigenvalue weighted by Gasteiger charge is -2.21. The summed E-state index contributed by atoms with van der Waals surface area (Å²) in [6.07, 6.45) is 83.3. The minimum absolute atomic E-state index is 0.0854. The second-order valence-electron chi connectivity index (χ2n) is 23.6. The van der Waals surface area contributed by atoms with Crippen LogP contribution in [-0.4, -0.2) is 95.9 Å². The van der Waals surface area contributed by atoms with Crippen LogP contribution in [0.15, 0.2) is 146 Å². The fourth-order valence-electron chi connectivity index (χ4n) is 9.05. The number of aliphatic hydroxyl groups is 2. The van der Waals surface area contributed by atoms with Crippen molar-refractivity contribution < 1.29 is 75.8 Å². The van der Waals surface area contributed by atoms with E-state index in [1.165, 1.54) is 32.1 Å². The highest BCUT2D eigenvalue weighted by atomic mass is 31.2. The molecule has 0 spiro atoms. The van der Waals surface area contributed by atoms with E-state index in [9.17, 15) is 43.5 Å². The summed E-state index contributed by atoms with van der Waals surface area (Å²) in [6.45, 7) is 2.34. The zero-order valence-electron chi connectivity index (χ0n) is 58.8. The van der Waals surface area contributed by atoms with Gasteiger partial charge < -0.3 is 34.2 Å². The highest BCUT2D eigenvalue weighted by molar-refractivity contribution is 7.47. The molecule has 5 atom stereocenters. The molecule has 0 aliphatic carbocycles. The van der Waals surface area contributed by atoms with Crippen LogP contribution in [0.4, 0.5) is 0 Å². The van der Waals surface area contributed by atoms with Gasteiger partial charge in [-0.05, 0) is 135 Å². The van der Waals surface area contributed by atoms with Gasteiger partial charge in [-0.25, -0.2) is 9.13 Å². The Morgan fingerprint density at radius 1 is 0.305 bits per heavy atom. The molecule has 0 saturated carbocycles. The van der Waals surface area contributed by atoms with E-state index in [4.69, 9.17) is 32.3 Å². The third-order valence-corrected chi connectivity index (χ3v) is 16.4. The van der Waals surface area contributed by atoms with Gasteiger partial charge in [-0.3, -0.25) is 32.5 Å². The Bertz CT molecular complexity index is 2310. The summed E-state index contributed by atoms with van der Waals surface area (Å²) in [5.74, 6) is -1.62. The molecule has 95 heavy (non-hydrogen) atoms. The third-order valence-electron chi connectivity index (χ3n) is 14.5. The topological polar surface area (TPSA) is 231 Å². The molecule has 0 aromatic heterocycles. The molecule has 0 heterocycles. The highest BCUT2D eigenvalue weighted by Gasteiger charge is 2.29. The molecule has 16 nitrogen and oxygen atoms in total. The molecule has 0 amide bonds. The Morgan fingerprint density at radius 3 is 0.895 bits per heavy atom. The number of carbonyl (C=O) groups is 3. The van der Waals surface area contributed by atoms with Crippen molar-refractivity contribution in [3.63, 3.8) is 0 Å². The third kappa shape index (κ3) is 70.6. The number of esters is 3. The smallest absolute Gasteiger partial charge is 0.463 e. The maximum absolute atomic E-state index is 12.9. The SMILES string of the molecule is CC/C=C\C/C=C\C/C=C\C/C=C\C/C=C\C/C=C\CCCCCCCCCCC(=O)OCC(O)COP(=O)(O)OCC(O)COP(=O)(O)OCC(COC(=O)CCCCCCC/C=C\C/C=C\C/C=C\C/C=C\C/C=C\CC)OC(=O)CCCCCCC/C=C\CCCC. The van der Waals surface area contributed by atoms with Gasteiger partial charge in [0, 0.05) is 19.3 Å². The normalized spacial score (nSPS) is 15.0. The zero-order valence-corrected chi connectivity index (χ0v) is 60.6. The van der Waals surface area contributed by atoms with Crippen molar-refractivity contribution in [3.05, 3.63) is 146 Å². The number of allylic oxidation sites excluding steroid dienone is 24. The number of phosphoric acid groups is 2. The summed E-state index contributed by atoms with van der Waals surface area (Å²) in [4.78, 5) is 58.4. The summed E-state index contributed by atoms with van der Waals surface area (Å²) in [7, 11) is -9.79. The summed E-state index contributed by atoms with van der Waals surface area (Å²) in [5, 5.41) is 20.6. The van der Waals surface area contributed by atoms with Gasteiger partial charge in [0.05, 0.1) is 26.4 Å². The summed E-state index contributed by atoms with van der Waals surface area (Å²) in [5.41, 5.74) is 0. The largest absolute Gasteiger partial charge is 0.472 e. The standard InChI is InChI=1S/C77H128O16P2/c1-4-7-10-13-16-19-22-24-26-28-30-32-33-34-35-36-37-39-41-42-44-46-49-51-54-57-60-63-75(80)87-66-72(78)67-89-94(83,84)90-68-73(79)69-91-95(85,86)92-71-74(93-77(82)65-62-59-56-53-48-21-18-15-12-9-6-3)70-88-76(81)64-61-58-55-52-50-47-45-43-40-38-31-29-27-25-23-20-17-14-11-8-5-2/h7-8,10-11,15-20,24-27,30-32,34-35,37-39,43,45,72-74,78-79H,4-6,9,12-14,21-23,28-29,33,36,40-42,44,46-71H2,1-3H3,(H,83,84)(H,85,86)/b10-7-,11-8-,18-15-,19-16-,20-17-,26-24-,27-25-,32-30-,35-34-,38-31-,39-37-,45-43-. The van der Waals surface area contributed by atoms with Crippen LogP contribution in [0.1, 0.15) is 265 Å². The molecule has 0 rings (SSSR count). The number of phosphoric ester groups is 2. The molecular weight excluding hydrogens is 1240 g/mol. The van der Waals surface area contributed by atoms with Gasteiger partial charge in [0.15, 0.2) is 6.10 Å². The van der Waals surface area contributed by atoms with Crippen LogP contribution in [0.25, 0.3) is 0 Å². The summed E-state index contributed by atoms with van der Waals surface area (Å²) in [6, 6.07) is 0. The fourth-order valence-corrected chi connectivity index (χ4v) is 10.6. The predicted octanol–water partition coefficient (Wildman–Crippen LogP) is 20.5. The number of carbonyl (C=O) groups excluding carboxylic acids is 3. The van der Waals surface area contributed by atoms with E-state index in [2.05, 4.69) is 167 Å². The molecule has 0 aliphatic rings. The van der Waals surface area contributed by atoms with E-state index in [0.717, 1.165) is 173 Å². The van der Waals surface area contributed by atoms with E-state index in [1.54, 1.807) is 0 Å². The van der Waals surface area contributed by atoms with Gasteiger partial charge in [-0.1, -0.05) is 256 Å². The molecule has 0 fully saturated rings. The minimum Gasteiger partial charge on any atom is -0.463 e. The van der Waals surface area contributed by atoms with Crippen molar-refractivity contribution in [1.29, 1.82) is 0 Å². The first-order valence-corrected chi connectivity index (χ1v) is 39.1. The quantitative estimate of drug-likeness (QED) is 0.0146. The van der Waals surface area contributed by atoms with Gasteiger partial charge >= 0.3 is 33.6 Å². The average Bonchev–Trinajstić information content (AvgIpc) is 3.10. The van der Waals surface area contributed by atoms with E-state index < -0.39 is 91.5 Å². The van der Waals surface area contributed by atoms with Crippen LogP contribution in [0.3, 0.4) is 0 Å². The lowest BCUT2D eigenvalue weighted by atomic mass is 10.1. The molecule has 4 N–H and O–H groups in total. The Kier molecular flexibility index (Phi) is 66.0. The van der Waals surface area contributed by atoms with E-state index >= 15 is 0 Å². The molecule has 0 aliphatic heterocycles. The van der Waals surface area contributed by atoms with E-state index in [1.807, 2.05) is 0 Å². The number of unbranched alkanes of at least 4 members (excludes halogenated alkanes) is 20. The second kappa shape index (κ2) is 69.3. The van der Waals surface area contributed by atoms with Crippen molar-refractivity contribution in [3.8, 4) is 0 Å². The number of hydrogen-bond acceptors (Lipinski definition) is 14. The van der Waals surface area contributed by atoms with Crippen LogP contribution in [-0.2, 0) is 55.8 Å². The Hall–Kier alpha value is -4.57. The number of rotatable bonds is 67. The lowest BCUT2D eigenvalue weighted by Crippen LogP contribution is -2.30. The van der Waals surface area contributed by atoms with Gasteiger partial charge in [-0.2, -0.15) is 0 Å². The monoisotopic (exact) mass is 1370 g/mol. The van der Waals surface area contributed by atoms with Crippen molar-refractivity contribution in [2.75, 3.05) is 39.6 Å². The fraction of sp³-hybridized carbons (Fsp3) is 0.649. The Morgan fingerprint density at radius 2 is 0.558 bits per heavy atom. The molecule has 0 saturated heterocycles. The summed E-state index contributed by atoms with van der Waals surface area (Å²) < 4.78 is 60.9.